The first-order chi connectivity index (χ1) is 24.4. The second-order valence-electron chi connectivity index (χ2n) is 11.9. The number of rotatable bonds is 8. The summed E-state index contributed by atoms with van der Waals surface area (Å²) in [5.41, 5.74) is 13.6. The largest absolute Gasteiger partial charge is 0.0622 e. The van der Waals surface area contributed by atoms with E-state index in [-0.39, 0.29) is 0 Å². The van der Waals surface area contributed by atoms with E-state index in [2.05, 4.69) is 234 Å². The van der Waals surface area contributed by atoms with Gasteiger partial charge in [0.05, 0.1) is 0 Å². The lowest BCUT2D eigenvalue weighted by Gasteiger charge is -2.18. The smallest absolute Gasteiger partial charge is 0.0261 e. The highest BCUT2D eigenvalue weighted by molar-refractivity contribution is 9.11. The van der Waals surface area contributed by atoms with Gasteiger partial charge in [-0.1, -0.05) is 209 Å². The maximum Gasteiger partial charge on any atom is 0.0261 e. The molecule has 0 atom stereocenters. The first-order valence-electron chi connectivity index (χ1n) is 16.2. The highest BCUT2D eigenvalue weighted by Crippen LogP contribution is 2.46. The highest BCUT2D eigenvalue weighted by Gasteiger charge is 2.18. The van der Waals surface area contributed by atoms with Crippen LogP contribution in [0.2, 0.25) is 0 Å². The van der Waals surface area contributed by atoms with E-state index in [1.165, 1.54) is 22.3 Å². The van der Waals surface area contributed by atoms with Gasteiger partial charge in [-0.25, -0.2) is 0 Å². The van der Waals surface area contributed by atoms with Crippen LogP contribution in [0.3, 0.4) is 0 Å². The second kappa shape index (κ2) is 15.9. The fourth-order valence-corrected chi connectivity index (χ4v) is 8.30. The lowest BCUT2D eigenvalue weighted by Crippen LogP contribution is -1.92. The van der Waals surface area contributed by atoms with Crippen LogP contribution in [0.15, 0.2) is 176 Å². The minimum Gasteiger partial charge on any atom is -0.0622 e. The zero-order valence-electron chi connectivity index (χ0n) is 26.8. The Balaban J connectivity index is 1.33. The van der Waals surface area contributed by atoms with E-state index < -0.39 is 0 Å². The van der Waals surface area contributed by atoms with Crippen molar-refractivity contribution in [2.45, 2.75) is 0 Å². The average Bonchev–Trinajstić information content (AvgIpc) is 3.16. The summed E-state index contributed by atoms with van der Waals surface area (Å²) < 4.78 is 4.05. The van der Waals surface area contributed by atoms with Crippen LogP contribution in [-0.2, 0) is 0 Å². The van der Waals surface area contributed by atoms with Gasteiger partial charge < -0.3 is 0 Å². The minimum absolute atomic E-state index is 1.00. The van der Waals surface area contributed by atoms with Crippen molar-refractivity contribution in [1.29, 1.82) is 0 Å². The normalized spacial score (nSPS) is 11.4. The van der Waals surface area contributed by atoms with Gasteiger partial charge in [-0.3, -0.25) is 0 Å². The van der Waals surface area contributed by atoms with Crippen LogP contribution in [0, 0.1) is 0 Å². The molecule has 0 saturated heterocycles. The fourth-order valence-electron chi connectivity index (χ4n) is 6.05. The molecule has 0 nitrogen and oxygen atoms in total. The van der Waals surface area contributed by atoms with Crippen molar-refractivity contribution in [3.05, 3.63) is 198 Å². The molecule has 50 heavy (non-hydrogen) atoms. The van der Waals surface area contributed by atoms with Gasteiger partial charge in [0.2, 0.25) is 0 Å². The highest BCUT2D eigenvalue weighted by atomic mass is 79.9. The Morgan fingerprint density at radius 2 is 0.600 bits per heavy atom. The molecule has 0 amide bonds. The van der Waals surface area contributed by atoms with Crippen LogP contribution in [-0.4, -0.2) is 0 Å². The Kier molecular flexibility index (Phi) is 10.9. The van der Waals surface area contributed by atoms with Crippen LogP contribution in [0.25, 0.3) is 68.8 Å². The van der Waals surface area contributed by atoms with E-state index in [1.807, 2.05) is 12.1 Å². The monoisotopic (exact) mass is 898 g/mol. The van der Waals surface area contributed by atoms with Crippen molar-refractivity contribution in [2.75, 3.05) is 0 Å². The molecule has 0 aromatic heterocycles. The van der Waals surface area contributed by atoms with Crippen molar-refractivity contribution in [3.8, 4) is 44.5 Å². The number of hydrogen-bond donors (Lipinski definition) is 0. The van der Waals surface area contributed by atoms with Gasteiger partial charge in [0.15, 0.2) is 0 Å². The molecule has 0 bridgehead atoms. The van der Waals surface area contributed by atoms with Crippen molar-refractivity contribution >= 4 is 88.0 Å². The maximum absolute atomic E-state index is 3.98. The lowest BCUT2D eigenvalue weighted by atomic mass is 9.90. The molecule has 0 aliphatic heterocycles. The molecule has 4 heteroatoms. The van der Waals surface area contributed by atoms with Gasteiger partial charge in [0.1, 0.15) is 0 Å². The van der Waals surface area contributed by atoms with E-state index in [9.17, 15) is 0 Å². The molecule has 0 spiro atoms. The summed E-state index contributed by atoms with van der Waals surface area (Å²) in [6.45, 7) is 0. The third-order valence-corrected chi connectivity index (χ3v) is 11.2. The van der Waals surface area contributed by atoms with Crippen LogP contribution in [0.1, 0.15) is 22.3 Å². The average molecular weight is 902 g/mol. The molecule has 7 aromatic rings. The molecular weight excluding hydrogens is 872 g/mol. The molecule has 7 aromatic carbocycles. The molecule has 0 heterocycles. The van der Waals surface area contributed by atoms with Crippen molar-refractivity contribution in [3.63, 3.8) is 0 Å². The van der Waals surface area contributed by atoms with Crippen LogP contribution < -0.4 is 0 Å². The van der Waals surface area contributed by atoms with Crippen LogP contribution in [0.5, 0.6) is 0 Å². The van der Waals surface area contributed by atoms with E-state index >= 15 is 0 Å². The quantitative estimate of drug-likeness (QED) is 0.133. The standard InChI is InChI=1S/C46H30Br4/c47-43-26-36(24-22-32-15-7-2-8-16-32)35(23-21-31-13-5-1-6-14-31)25-39(43)41-29-46(50)42(30-45(41)49)40-27-37(33-17-9-3-10-18-33)38(28-44(40)48)34-19-11-4-12-20-34/h1-30H/b23-21+,24-22+. The van der Waals surface area contributed by atoms with E-state index in [0.717, 1.165) is 62.4 Å². The van der Waals surface area contributed by atoms with Gasteiger partial charge in [-0.05, 0) is 103 Å². The zero-order valence-corrected chi connectivity index (χ0v) is 33.2. The molecule has 0 unspecified atom stereocenters. The van der Waals surface area contributed by atoms with Crippen molar-refractivity contribution in [1.82, 2.24) is 0 Å². The van der Waals surface area contributed by atoms with Gasteiger partial charge in [0.25, 0.3) is 0 Å². The first kappa shape index (κ1) is 34.4. The predicted octanol–water partition coefficient (Wildman–Crippen LogP) is 15.7. The Hall–Kier alpha value is -4.06. The van der Waals surface area contributed by atoms with Crippen molar-refractivity contribution in [2.24, 2.45) is 0 Å². The maximum atomic E-state index is 3.98. The Morgan fingerprint density at radius 1 is 0.280 bits per heavy atom. The predicted molar refractivity (Wildman–Crippen MR) is 230 cm³/mol. The Bertz CT molecular complexity index is 2330. The summed E-state index contributed by atoms with van der Waals surface area (Å²) in [6.07, 6.45) is 8.71. The molecule has 7 rings (SSSR count). The first-order valence-corrected chi connectivity index (χ1v) is 19.4. The van der Waals surface area contributed by atoms with Gasteiger partial charge in [0, 0.05) is 17.9 Å². The Morgan fingerprint density at radius 3 is 1.06 bits per heavy atom. The van der Waals surface area contributed by atoms with E-state index in [1.54, 1.807) is 0 Å². The molecule has 0 saturated carbocycles. The number of halogens is 4. The van der Waals surface area contributed by atoms with Crippen LogP contribution in [0.4, 0.5) is 0 Å². The SMILES string of the molecule is Brc1cc(-c2cc(-c3ccccc3)c(-c3ccccc3)cc2Br)c(Br)cc1-c1cc(/C=C/c2ccccc2)c(/C=C/c2ccccc2)cc1Br. The molecule has 0 N–H and O–H groups in total. The third kappa shape index (κ3) is 7.80. The molecular formula is C46H30Br4. The summed E-state index contributed by atoms with van der Waals surface area (Å²) >= 11 is 15.8. The van der Waals surface area contributed by atoms with Gasteiger partial charge in [-0.2, -0.15) is 0 Å². The number of hydrogen-bond acceptors (Lipinski definition) is 0. The van der Waals surface area contributed by atoms with Gasteiger partial charge in [-0.15, -0.1) is 0 Å². The molecule has 0 fully saturated rings. The summed E-state index contributed by atoms with van der Waals surface area (Å²) in [7, 11) is 0. The molecule has 0 radical (unpaired) electrons. The Labute approximate surface area is 327 Å². The molecule has 242 valence electrons. The summed E-state index contributed by atoms with van der Waals surface area (Å²) in [5, 5.41) is 0. The fraction of sp³-hybridized carbons (Fsp3) is 0. The second-order valence-corrected chi connectivity index (χ2v) is 15.3. The summed E-state index contributed by atoms with van der Waals surface area (Å²) in [6, 6.07) is 55.4. The van der Waals surface area contributed by atoms with E-state index in [0.29, 0.717) is 0 Å². The van der Waals surface area contributed by atoms with Crippen molar-refractivity contribution < 1.29 is 0 Å². The number of benzene rings is 7. The topological polar surface area (TPSA) is 0 Å². The zero-order chi connectivity index (χ0) is 34.5. The lowest BCUT2D eigenvalue weighted by molar-refractivity contribution is 1.49. The minimum atomic E-state index is 1.00. The molecule has 0 aliphatic carbocycles. The van der Waals surface area contributed by atoms with Gasteiger partial charge >= 0.3 is 0 Å². The molecule has 0 aliphatic rings. The van der Waals surface area contributed by atoms with Crippen LogP contribution >= 0.6 is 63.7 Å². The van der Waals surface area contributed by atoms with E-state index in [4.69, 9.17) is 0 Å². The summed E-state index contributed by atoms with van der Waals surface area (Å²) in [4.78, 5) is 0. The third-order valence-electron chi connectivity index (χ3n) is 8.60. The summed E-state index contributed by atoms with van der Waals surface area (Å²) in [5.74, 6) is 0.